The quantitative estimate of drug-likeness (QED) is 0.0222. The maximum atomic E-state index is 12.9. The first-order valence-electron chi connectivity index (χ1n) is 31.8. The zero-order valence-corrected chi connectivity index (χ0v) is 53.5. The Kier molecular flexibility index (Phi) is 50.2. The Hall–Kier alpha value is -1.94. The molecule has 0 rings (SSSR count). The monoisotopic (exact) mass is 1180 g/mol. The van der Waals surface area contributed by atoms with Gasteiger partial charge in [0.05, 0.1) is 26.4 Å². The van der Waals surface area contributed by atoms with Gasteiger partial charge in [-0.25, -0.2) is 9.13 Å². The topological polar surface area (TPSA) is 237 Å². The summed E-state index contributed by atoms with van der Waals surface area (Å²) in [4.78, 5) is 72.0. The van der Waals surface area contributed by atoms with E-state index in [1.807, 2.05) is 0 Å². The normalized spacial score (nSPS) is 15.2. The van der Waals surface area contributed by atoms with Crippen molar-refractivity contribution in [2.24, 2.45) is 23.7 Å². The summed E-state index contributed by atoms with van der Waals surface area (Å²) in [5, 5.41) is 10.5. The van der Waals surface area contributed by atoms with Crippen molar-refractivity contribution < 1.29 is 80.2 Å². The average molecular weight is 1190 g/mol. The highest BCUT2D eigenvalue weighted by Crippen LogP contribution is 2.45. The third kappa shape index (κ3) is 52.8. The molecule has 0 bridgehead atoms. The maximum Gasteiger partial charge on any atom is 0.472 e. The molecule has 0 aliphatic carbocycles. The van der Waals surface area contributed by atoms with E-state index in [0.717, 1.165) is 115 Å². The van der Waals surface area contributed by atoms with Gasteiger partial charge in [0, 0.05) is 25.7 Å². The van der Waals surface area contributed by atoms with Gasteiger partial charge in [-0.05, 0) is 49.4 Å². The standard InChI is InChI=1S/C61H118O17P2/c1-9-53(7)39-31-23-17-19-26-34-42-59(64)72-48-56(77-60(65)43-35-27-16-12-14-22-30-38-52(5)6)49-75-79(67,68)73-45-55(62)46-74-80(69,70)76-50-57(78-61(66)44-36-28-20-18-24-32-40-54(8)10-2)47-71-58(63)41-33-25-15-11-13-21-29-37-51(3)4/h51-57,62H,9-50H2,1-8H3,(H,67,68)(H,69,70)/t53?,54?,55?,56-,57-/m1/s1. The maximum absolute atomic E-state index is 12.9. The van der Waals surface area contributed by atoms with Crippen LogP contribution in [0.4, 0.5) is 0 Å². The number of esters is 4. The van der Waals surface area contributed by atoms with E-state index in [9.17, 15) is 43.2 Å². The molecule has 3 N–H and O–H groups in total. The zero-order valence-electron chi connectivity index (χ0n) is 51.7. The van der Waals surface area contributed by atoms with Crippen LogP contribution < -0.4 is 0 Å². The molecule has 0 spiro atoms. The number of aliphatic hydroxyl groups is 1. The number of phosphoric acid groups is 2. The van der Waals surface area contributed by atoms with Crippen molar-refractivity contribution in [1.82, 2.24) is 0 Å². The molecule has 0 saturated heterocycles. The fourth-order valence-corrected chi connectivity index (χ4v) is 10.4. The van der Waals surface area contributed by atoms with Crippen LogP contribution in [0.15, 0.2) is 0 Å². The summed E-state index contributed by atoms with van der Waals surface area (Å²) in [5.41, 5.74) is 0. The Morgan fingerprint density at radius 2 is 0.600 bits per heavy atom. The molecular formula is C61H118O17P2. The third-order valence-electron chi connectivity index (χ3n) is 14.5. The molecule has 0 heterocycles. The van der Waals surface area contributed by atoms with Gasteiger partial charge < -0.3 is 33.8 Å². The van der Waals surface area contributed by atoms with Crippen molar-refractivity contribution in [3.05, 3.63) is 0 Å². The van der Waals surface area contributed by atoms with E-state index < -0.39 is 97.5 Å². The molecular weight excluding hydrogens is 1070 g/mol. The largest absolute Gasteiger partial charge is 0.472 e. The van der Waals surface area contributed by atoms with E-state index in [1.54, 1.807) is 0 Å². The minimum atomic E-state index is -4.94. The molecule has 0 amide bonds. The Morgan fingerprint density at radius 3 is 0.887 bits per heavy atom. The Labute approximate surface area is 486 Å². The highest BCUT2D eigenvalue weighted by atomic mass is 31.2. The van der Waals surface area contributed by atoms with Gasteiger partial charge in [-0.3, -0.25) is 37.3 Å². The second-order valence-corrected chi connectivity index (χ2v) is 26.4. The summed E-state index contributed by atoms with van der Waals surface area (Å²) in [6.07, 6.45) is 29.6. The summed E-state index contributed by atoms with van der Waals surface area (Å²) in [7, 11) is -9.88. The highest BCUT2D eigenvalue weighted by Gasteiger charge is 2.30. The van der Waals surface area contributed by atoms with Crippen molar-refractivity contribution >= 4 is 39.5 Å². The van der Waals surface area contributed by atoms with Crippen molar-refractivity contribution in [3.63, 3.8) is 0 Å². The lowest BCUT2D eigenvalue weighted by molar-refractivity contribution is -0.161. The first kappa shape index (κ1) is 78.1. The molecule has 0 radical (unpaired) electrons. The molecule has 5 unspecified atom stereocenters. The Balaban J connectivity index is 5.26. The Morgan fingerprint density at radius 1 is 0.350 bits per heavy atom. The highest BCUT2D eigenvalue weighted by molar-refractivity contribution is 7.47. The van der Waals surface area contributed by atoms with Crippen LogP contribution in [-0.2, 0) is 65.4 Å². The van der Waals surface area contributed by atoms with E-state index in [0.29, 0.717) is 37.5 Å². The first-order valence-corrected chi connectivity index (χ1v) is 34.8. The molecule has 474 valence electrons. The number of carbonyl (C=O) groups is 4. The molecule has 0 aliphatic rings. The van der Waals surface area contributed by atoms with Crippen molar-refractivity contribution in [3.8, 4) is 0 Å². The third-order valence-corrected chi connectivity index (χ3v) is 16.4. The zero-order chi connectivity index (χ0) is 59.7. The van der Waals surface area contributed by atoms with E-state index in [4.69, 9.17) is 37.0 Å². The number of hydrogen-bond donors (Lipinski definition) is 3. The molecule has 80 heavy (non-hydrogen) atoms. The summed E-state index contributed by atoms with van der Waals surface area (Å²) >= 11 is 0. The van der Waals surface area contributed by atoms with Gasteiger partial charge in [0.15, 0.2) is 12.2 Å². The van der Waals surface area contributed by atoms with Gasteiger partial charge in [-0.1, -0.05) is 235 Å². The minimum absolute atomic E-state index is 0.101. The van der Waals surface area contributed by atoms with E-state index in [1.165, 1.54) is 77.0 Å². The van der Waals surface area contributed by atoms with Crippen LogP contribution in [0.2, 0.25) is 0 Å². The molecule has 19 heteroatoms. The fourth-order valence-electron chi connectivity index (χ4n) is 8.83. The molecule has 0 aromatic carbocycles. The van der Waals surface area contributed by atoms with Crippen molar-refractivity contribution in [2.45, 2.75) is 305 Å². The summed E-state index contributed by atoms with van der Waals surface area (Å²) in [6, 6.07) is 0. The van der Waals surface area contributed by atoms with Gasteiger partial charge in [-0.2, -0.15) is 0 Å². The second-order valence-electron chi connectivity index (χ2n) is 23.5. The Bertz CT molecular complexity index is 1610. The van der Waals surface area contributed by atoms with Crippen LogP contribution in [0.5, 0.6) is 0 Å². The molecule has 0 aromatic heterocycles. The van der Waals surface area contributed by atoms with Gasteiger partial charge in [0.2, 0.25) is 0 Å². The molecule has 0 saturated carbocycles. The van der Waals surface area contributed by atoms with E-state index in [2.05, 4.69) is 55.4 Å². The number of ether oxygens (including phenoxy) is 4. The van der Waals surface area contributed by atoms with Crippen LogP contribution >= 0.6 is 15.6 Å². The number of aliphatic hydroxyl groups excluding tert-OH is 1. The minimum Gasteiger partial charge on any atom is -0.462 e. The summed E-state index contributed by atoms with van der Waals surface area (Å²) in [5.74, 6) is 0.703. The molecule has 17 nitrogen and oxygen atoms in total. The predicted molar refractivity (Wildman–Crippen MR) is 317 cm³/mol. The smallest absolute Gasteiger partial charge is 0.462 e. The van der Waals surface area contributed by atoms with Gasteiger partial charge in [0.1, 0.15) is 19.3 Å². The van der Waals surface area contributed by atoms with Gasteiger partial charge in [0.25, 0.3) is 0 Å². The molecule has 7 atom stereocenters. The summed E-state index contributed by atoms with van der Waals surface area (Å²) in [6.45, 7) is 13.9. The lowest BCUT2D eigenvalue weighted by atomic mass is 10.00. The van der Waals surface area contributed by atoms with Crippen LogP contribution in [0, 0.1) is 23.7 Å². The van der Waals surface area contributed by atoms with Crippen LogP contribution in [0.25, 0.3) is 0 Å². The second kappa shape index (κ2) is 51.5. The molecule has 0 aromatic rings. The number of carbonyl (C=O) groups excluding carboxylic acids is 4. The van der Waals surface area contributed by atoms with Crippen molar-refractivity contribution in [2.75, 3.05) is 39.6 Å². The number of phosphoric ester groups is 2. The SMILES string of the molecule is CCC(C)CCCCCCCCC(=O)OC[C@H](COP(=O)(O)OCC(O)COP(=O)(O)OC[C@@H](COC(=O)CCCCCCCCCC(C)C)OC(=O)CCCCCCCCC(C)CC)OC(=O)CCCCCCCCCC(C)C. The lowest BCUT2D eigenvalue weighted by Crippen LogP contribution is -2.30. The summed E-state index contributed by atoms with van der Waals surface area (Å²) < 4.78 is 67.8. The lowest BCUT2D eigenvalue weighted by Gasteiger charge is -2.21. The predicted octanol–water partition coefficient (Wildman–Crippen LogP) is 16.2. The molecule has 0 aliphatic heterocycles. The van der Waals surface area contributed by atoms with Crippen LogP contribution in [-0.4, -0.2) is 96.7 Å². The first-order chi connectivity index (χ1) is 38.2. The van der Waals surface area contributed by atoms with Crippen molar-refractivity contribution in [1.29, 1.82) is 0 Å². The van der Waals surface area contributed by atoms with E-state index >= 15 is 0 Å². The van der Waals surface area contributed by atoms with Crippen LogP contribution in [0.3, 0.4) is 0 Å². The van der Waals surface area contributed by atoms with E-state index in [-0.39, 0.29) is 25.7 Å². The number of rotatable bonds is 58. The fraction of sp³-hybridized carbons (Fsp3) is 0.934. The average Bonchev–Trinajstić information content (AvgIpc) is 3.41. The number of unbranched alkanes of at least 4 members (excludes halogenated alkanes) is 22. The van der Waals surface area contributed by atoms with Gasteiger partial charge in [-0.15, -0.1) is 0 Å². The van der Waals surface area contributed by atoms with Gasteiger partial charge >= 0.3 is 39.5 Å². The number of hydrogen-bond acceptors (Lipinski definition) is 15. The molecule has 0 fully saturated rings. The van der Waals surface area contributed by atoms with Crippen LogP contribution in [0.1, 0.15) is 287 Å².